The molecule has 0 atom stereocenters. The zero-order valence-electron chi connectivity index (χ0n) is 17.6. The third-order valence-corrected chi connectivity index (χ3v) is 7.46. The Morgan fingerprint density at radius 1 is 1.21 bits per heavy atom. The number of carbonyl (C=O) groups is 1. The van der Waals surface area contributed by atoms with Gasteiger partial charge in [0.25, 0.3) is 5.56 Å². The highest BCUT2D eigenvalue weighted by Crippen LogP contribution is 2.32. The van der Waals surface area contributed by atoms with Gasteiger partial charge < -0.3 is 5.32 Å². The van der Waals surface area contributed by atoms with Crippen LogP contribution in [0.2, 0.25) is 10.0 Å². The second kappa shape index (κ2) is 10.1. The van der Waals surface area contributed by atoms with Crippen molar-refractivity contribution in [1.29, 1.82) is 0 Å². The van der Waals surface area contributed by atoms with E-state index in [4.69, 9.17) is 28.2 Å². The molecule has 0 aliphatic heterocycles. The molecule has 1 amide bonds. The molecule has 0 saturated carbocycles. The highest BCUT2D eigenvalue weighted by molar-refractivity contribution is 7.99. The van der Waals surface area contributed by atoms with Gasteiger partial charge in [-0.25, -0.2) is 4.98 Å². The van der Waals surface area contributed by atoms with Crippen LogP contribution in [0.4, 0.5) is 5.69 Å². The molecule has 4 rings (SSSR count). The maximum Gasteiger partial charge on any atom is 0.263 e. The highest BCUT2D eigenvalue weighted by atomic mass is 35.5. The van der Waals surface area contributed by atoms with Crippen molar-refractivity contribution < 1.29 is 4.79 Å². The van der Waals surface area contributed by atoms with Crippen LogP contribution < -0.4 is 10.9 Å². The number of halogens is 2. The molecule has 5 nitrogen and oxygen atoms in total. The number of fused-ring (bicyclic) bond motifs is 1. The zero-order valence-corrected chi connectivity index (χ0v) is 20.7. The maximum absolute atomic E-state index is 13.4. The highest BCUT2D eigenvalue weighted by Gasteiger charge is 2.18. The topological polar surface area (TPSA) is 64.0 Å². The quantitative estimate of drug-likeness (QED) is 0.170. The van der Waals surface area contributed by atoms with Gasteiger partial charge in [0, 0.05) is 23.2 Å². The number of aryl methyl sites for hydroxylation is 1. The van der Waals surface area contributed by atoms with E-state index in [0.29, 0.717) is 37.7 Å². The number of hydrogen-bond acceptors (Lipinski definition) is 5. The third kappa shape index (κ3) is 5.17. The fourth-order valence-electron chi connectivity index (χ4n) is 3.25. The smallest absolute Gasteiger partial charge is 0.263 e. The van der Waals surface area contributed by atoms with E-state index < -0.39 is 0 Å². The lowest BCUT2D eigenvalue weighted by Gasteiger charge is -2.11. The number of nitrogens with one attached hydrogen (secondary N) is 1. The minimum atomic E-state index is -0.246. The first-order valence-corrected chi connectivity index (χ1v) is 12.6. The van der Waals surface area contributed by atoms with Gasteiger partial charge in [-0.2, -0.15) is 0 Å². The second-order valence-corrected chi connectivity index (χ2v) is 9.88. The van der Waals surface area contributed by atoms with E-state index in [9.17, 15) is 9.59 Å². The van der Waals surface area contributed by atoms with Crippen molar-refractivity contribution in [3.8, 4) is 11.1 Å². The van der Waals surface area contributed by atoms with Gasteiger partial charge >= 0.3 is 0 Å². The molecule has 0 spiro atoms. The summed E-state index contributed by atoms with van der Waals surface area (Å²) in [6.45, 7) is 6.08. The molecule has 0 saturated heterocycles. The molecule has 0 radical (unpaired) electrons. The summed E-state index contributed by atoms with van der Waals surface area (Å²) in [4.78, 5) is 31.2. The van der Waals surface area contributed by atoms with Crippen molar-refractivity contribution in [2.45, 2.75) is 18.6 Å². The molecule has 0 aliphatic carbocycles. The average Bonchev–Trinajstić information content (AvgIpc) is 3.22. The van der Waals surface area contributed by atoms with Crippen LogP contribution in [0.5, 0.6) is 0 Å². The van der Waals surface area contributed by atoms with E-state index in [1.165, 1.54) is 23.1 Å². The van der Waals surface area contributed by atoms with Crippen LogP contribution in [0.15, 0.2) is 70.5 Å². The number of thiophene rings is 1. The van der Waals surface area contributed by atoms with Crippen LogP contribution in [-0.2, 0) is 11.3 Å². The predicted molar refractivity (Wildman–Crippen MR) is 140 cm³/mol. The van der Waals surface area contributed by atoms with Crippen molar-refractivity contribution in [2.75, 3.05) is 11.1 Å². The Bertz CT molecular complexity index is 1410. The average molecular weight is 516 g/mol. The fourth-order valence-corrected chi connectivity index (χ4v) is 5.35. The van der Waals surface area contributed by atoms with Gasteiger partial charge in [0.1, 0.15) is 4.83 Å². The van der Waals surface area contributed by atoms with E-state index in [-0.39, 0.29) is 17.2 Å². The van der Waals surface area contributed by atoms with Gasteiger partial charge in [-0.15, -0.1) is 17.9 Å². The fraction of sp³-hybridized carbons (Fsp3) is 0.125. The molecule has 168 valence electrons. The molecular formula is C24H19Cl2N3O2S2. The van der Waals surface area contributed by atoms with Crippen molar-refractivity contribution in [1.82, 2.24) is 9.55 Å². The molecule has 9 heteroatoms. The molecule has 2 aromatic carbocycles. The van der Waals surface area contributed by atoms with Gasteiger partial charge in [0.15, 0.2) is 5.16 Å². The minimum Gasteiger partial charge on any atom is -0.325 e. The van der Waals surface area contributed by atoms with E-state index in [2.05, 4.69) is 11.9 Å². The Hall–Kier alpha value is -2.58. The lowest BCUT2D eigenvalue weighted by molar-refractivity contribution is -0.113. The summed E-state index contributed by atoms with van der Waals surface area (Å²) in [5.74, 6) is -0.171. The standard InChI is InChI=1S/C24H19Cl2N3O2S2/c1-3-10-29-23(31)21-17(15-6-4-14(2)5-7-15)12-32-22(21)28-24(29)33-13-20(30)27-16-8-9-18(25)19(26)11-16/h3-9,11-12H,1,10,13H2,2H3,(H,27,30). The number of nitrogens with zero attached hydrogens (tertiary/aromatic N) is 2. The van der Waals surface area contributed by atoms with E-state index in [1.807, 2.05) is 36.6 Å². The third-order valence-electron chi connectivity index (χ3n) is 4.87. The SMILES string of the molecule is C=CCn1c(SCC(=O)Nc2ccc(Cl)c(Cl)c2)nc2scc(-c3ccc(C)cc3)c2c1=O. The number of carbonyl (C=O) groups excluding carboxylic acids is 1. The number of hydrogen-bond donors (Lipinski definition) is 1. The maximum atomic E-state index is 13.4. The predicted octanol–water partition coefficient (Wildman–Crippen LogP) is 6.66. The molecule has 0 bridgehead atoms. The first-order valence-electron chi connectivity index (χ1n) is 9.95. The summed E-state index contributed by atoms with van der Waals surface area (Å²) in [7, 11) is 0. The van der Waals surface area contributed by atoms with Gasteiger partial charge in [0.05, 0.1) is 21.2 Å². The summed E-state index contributed by atoms with van der Waals surface area (Å²) >= 11 is 14.5. The van der Waals surface area contributed by atoms with Crippen molar-refractivity contribution in [2.24, 2.45) is 0 Å². The summed E-state index contributed by atoms with van der Waals surface area (Å²) in [6, 6.07) is 12.9. The Morgan fingerprint density at radius 3 is 2.67 bits per heavy atom. The first kappa shape index (κ1) is 23.6. The number of aromatic nitrogens is 2. The van der Waals surface area contributed by atoms with Gasteiger partial charge in [-0.1, -0.05) is 70.9 Å². The largest absolute Gasteiger partial charge is 0.325 e. The molecule has 33 heavy (non-hydrogen) atoms. The molecular weight excluding hydrogens is 497 g/mol. The number of anilines is 1. The van der Waals surface area contributed by atoms with Crippen LogP contribution in [0.3, 0.4) is 0 Å². The zero-order chi connectivity index (χ0) is 23.5. The van der Waals surface area contributed by atoms with Gasteiger partial charge in [0.2, 0.25) is 5.91 Å². The number of thioether (sulfide) groups is 1. The van der Waals surface area contributed by atoms with Crippen LogP contribution in [0.25, 0.3) is 21.3 Å². The van der Waals surface area contributed by atoms with Crippen molar-refractivity contribution in [3.05, 3.63) is 86.5 Å². The second-order valence-electron chi connectivity index (χ2n) is 7.26. The van der Waals surface area contributed by atoms with Crippen LogP contribution >= 0.6 is 46.3 Å². The number of benzene rings is 2. The Labute approximate surface area is 209 Å². The number of rotatable bonds is 7. The lowest BCUT2D eigenvalue weighted by Crippen LogP contribution is -2.23. The summed E-state index contributed by atoms with van der Waals surface area (Å²) in [5, 5.41) is 6.55. The Kier molecular flexibility index (Phi) is 7.24. The summed E-state index contributed by atoms with van der Waals surface area (Å²) in [5.41, 5.74) is 3.38. The molecule has 0 fully saturated rings. The molecule has 1 N–H and O–H groups in total. The van der Waals surface area contributed by atoms with Crippen LogP contribution in [0, 0.1) is 6.92 Å². The number of amides is 1. The van der Waals surface area contributed by atoms with Crippen LogP contribution in [0.1, 0.15) is 5.56 Å². The molecule has 4 aromatic rings. The molecule has 0 unspecified atom stereocenters. The van der Waals surface area contributed by atoms with Crippen molar-refractivity contribution in [3.63, 3.8) is 0 Å². The lowest BCUT2D eigenvalue weighted by atomic mass is 10.1. The monoisotopic (exact) mass is 515 g/mol. The Balaban J connectivity index is 1.62. The summed E-state index contributed by atoms with van der Waals surface area (Å²) < 4.78 is 1.55. The van der Waals surface area contributed by atoms with E-state index in [1.54, 1.807) is 28.8 Å². The van der Waals surface area contributed by atoms with Crippen LogP contribution in [-0.4, -0.2) is 21.2 Å². The van der Waals surface area contributed by atoms with Crippen molar-refractivity contribution >= 4 is 68.1 Å². The minimum absolute atomic E-state index is 0.0749. The molecule has 2 heterocycles. The molecule has 0 aliphatic rings. The normalized spacial score (nSPS) is 11.0. The number of allylic oxidation sites excluding steroid dienone is 1. The van der Waals surface area contributed by atoms with Gasteiger partial charge in [-0.3, -0.25) is 14.2 Å². The summed E-state index contributed by atoms with van der Waals surface area (Å²) in [6.07, 6.45) is 1.65. The van der Waals surface area contributed by atoms with E-state index in [0.717, 1.165) is 16.7 Å². The first-order chi connectivity index (χ1) is 15.9. The Morgan fingerprint density at radius 2 is 1.97 bits per heavy atom. The van der Waals surface area contributed by atoms with Gasteiger partial charge in [-0.05, 0) is 30.7 Å². The molecule has 2 aromatic heterocycles. The van der Waals surface area contributed by atoms with E-state index >= 15 is 0 Å².